The summed E-state index contributed by atoms with van der Waals surface area (Å²) in [7, 11) is 0. The Balaban J connectivity index is 1.44. The van der Waals surface area contributed by atoms with Gasteiger partial charge in [-0.1, -0.05) is 37.6 Å². The molecule has 9 nitrogen and oxygen atoms in total. The first kappa shape index (κ1) is 28.8. The summed E-state index contributed by atoms with van der Waals surface area (Å²) in [6.07, 6.45) is 5.33. The Hall–Kier alpha value is -3.69. The number of oxazole rings is 1. The molecule has 0 unspecified atom stereocenters. The fraction of sp³-hybridized carbons (Fsp3) is 0.469. The number of carbonyl (C=O) groups excluding carboxylic acids is 1. The van der Waals surface area contributed by atoms with Gasteiger partial charge in [0.05, 0.1) is 25.3 Å². The summed E-state index contributed by atoms with van der Waals surface area (Å²) < 4.78 is 11.4. The number of anilines is 1. The van der Waals surface area contributed by atoms with Crippen LogP contribution < -0.4 is 15.4 Å². The summed E-state index contributed by atoms with van der Waals surface area (Å²) in [5, 5.41) is 10.5. The van der Waals surface area contributed by atoms with Crippen molar-refractivity contribution in [1.29, 1.82) is 0 Å². The van der Waals surface area contributed by atoms with Gasteiger partial charge >= 0.3 is 5.97 Å². The number of nitrogens with zero attached hydrogens (tertiary/aromatic N) is 3. The van der Waals surface area contributed by atoms with Crippen molar-refractivity contribution in [2.75, 3.05) is 31.1 Å². The number of unbranched alkanes of at least 4 members (excludes halogenated alkanes) is 1. The number of carboxylic acids is 1. The second kappa shape index (κ2) is 12.9. The molecule has 0 aliphatic carbocycles. The molecule has 2 aromatic carbocycles. The zero-order valence-electron chi connectivity index (χ0n) is 23.9. The lowest BCUT2D eigenvalue weighted by molar-refractivity contribution is -0.143. The van der Waals surface area contributed by atoms with E-state index in [1.807, 2.05) is 48.2 Å². The predicted molar refractivity (Wildman–Crippen MR) is 156 cm³/mol. The van der Waals surface area contributed by atoms with Gasteiger partial charge < -0.3 is 24.9 Å². The lowest BCUT2D eigenvalue weighted by atomic mass is 9.83. The third-order valence-corrected chi connectivity index (χ3v) is 8.33. The molecule has 0 bridgehead atoms. The van der Waals surface area contributed by atoms with Crippen LogP contribution in [0.1, 0.15) is 60.4 Å². The summed E-state index contributed by atoms with van der Waals surface area (Å²) in [6.45, 7) is 6.17. The average Bonchev–Trinajstić information content (AvgIpc) is 3.70. The van der Waals surface area contributed by atoms with Crippen LogP contribution in [0.3, 0.4) is 0 Å². The molecule has 0 spiro atoms. The number of aryl methyl sites for hydroxylation is 2. The van der Waals surface area contributed by atoms with Crippen molar-refractivity contribution in [2.24, 2.45) is 11.7 Å². The number of aromatic nitrogens is 1. The minimum absolute atomic E-state index is 0.0447. The van der Waals surface area contributed by atoms with Crippen LogP contribution in [0, 0.1) is 12.8 Å². The van der Waals surface area contributed by atoms with Crippen molar-refractivity contribution >= 4 is 17.6 Å². The molecule has 1 saturated heterocycles. The minimum atomic E-state index is -0.853. The number of aliphatic carboxylic acids is 1. The standard InChI is InChI=1S/C32H40N4O5/c1-3-4-13-36(25-7-5-6-22(15-25)17-33)30(37)20-35-19-26(23-8-10-28-24(16-23)12-14-40-28)31(32(38)39)27(35)9-11-29-34-18-21(2)41-29/h5-8,10,15-16,18,26-27,31H,3-4,9,11-14,17,19-20,33H2,1-2H3,(H,38,39)/t26-,27+,31-/m1/s1. The number of benzene rings is 2. The van der Waals surface area contributed by atoms with Crippen molar-refractivity contribution in [3.8, 4) is 5.75 Å². The smallest absolute Gasteiger partial charge is 0.308 e. The van der Waals surface area contributed by atoms with Crippen LogP contribution in [0.2, 0.25) is 0 Å². The third kappa shape index (κ3) is 6.47. The molecule has 0 saturated carbocycles. The first-order valence-corrected chi connectivity index (χ1v) is 14.6. The molecule has 3 heterocycles. The lowest BCUT2D eigenvalue weighted by Crippen LogP contribution is -2.44. The van der Waals surface area contributed by atoms with Crippen LogP contribution >= 0.6 is 0 Å². The highest BCUT2D eigenvalue weighted by Crippen LogP contribution is 2.41. The fourth-order valence-corrected chi connectivity index (χ4v) is 6.24. The van der Waals surface area contributed by atoms with Gasteiger partial charge in [0.25, 0.3) is 0 Å². The van der Waals surface area contributed by atoms with Crippen molar-refractivity contribution in [3.63, 3.8) is 0 Å². The van der Waals surface area contributed by atoms with Gasteiger partial charge in [-0.15, -0.1) is 0 Å². The molecule has 1 amide bonds. The van der Waals surface area contributed by atoms with Gasteiger partial charge in [-0.2, -0.15) is 0 Å². The number of carbonyl (C=O) groups is 2. The van der Waals surface area contributed by atoms with E-state index in [-0.39, 0.29) is 24.4 Å². The van der Waals surface area contributed by atoms with Crippen LogP contribution in [0.4, 0.5) is 5.69 Å². The number of likely N-dealkylation sites (tertiary alicyclic amines) is 1. The first-order valence-electron chi connectivity index (χ1n) is 14.6. The highest BCUT2D eigenvalue weighted by Gasteiger charge is 2.47. The maximum absolute atomic E-state index is 14.0. The molecule has 1 aromatic heterocycles. The largest absolute Gasteiger partial charge is 0.493 e. The van der Waals surface area contributed by atoms with E-state index in [4.69, 9.17) is 14.9 Å². The van der Waals surface area contributed by atoms with Crippen LogP contribution in [-0.4, -0.2) is 59.1 Å². The van der Waals surface area contributed by atoms with Crippen LogP contribution in [0.25, 0.3) is 0 Å². The van der Waals surface area contributed by atoms with Crippen molar-refractivity contribution in [2.45, 2.75) is 64.5 Å². The van der Waals surface area contributed by atoms with Crippen molar-refractivity contribution < 1.29 is 23.8 Å². The number of hydrogen-bond acceptors (Lipinski definition) is 7. The molecule has 0 radical (unpaired) electrons. The average molecular weight is 561 g/mol. The summed E-state index contributed by atoms with van der Waals surface area (Å²) >= 11 is 0. The van der Waals surface area contributed by atoms with Gasteiger partial charge in [-0.05, 0) is 54.7 Å². The number of ether oxygens (including phenoxy) is 1. The molecule has 41 heavy (non-hydrogen) atoms. The lowest BCUT2D eigenvalue weighted by Gasteiger charge is -2.30. The summed E-state index contributed by atoms with van der Waals surface area (Å²) in [6, 6.07) is 13.5. The van der Waals surface area contributed by atoms with E-state index in [0.29, 0.717) is 45.0 Å². The monoisotopic (exact) mass is 560 g/mol. The maximum atomic E-state index is 14.0. The molecule has 3 aromatic rings. The Labute approximate surface area is 241 Å². The number of nitrogens with two attached hydrogens (primary N) is 1. The predicted octanol–water partition coefficient (Wildman–Crippen LogP) is 4.31. The molecule has 3 atom stereocenters. The first-order chi connectivity index (χ1) is 19.9. The quantitative estimate of drug-likeness (QED) is 0.336. The van der Waals surface area contributed by atoms with Gasteiger partial charge in [0.1, 0.15) is 11.5 Å². The van der Waals surface area contributed by atoms with Crippen LogP contribution in [-0.2, 0) is 29.0 Å². The van der Waals surface area contributed by atoms with Crippen molar-refractivity contribution in [1.82, 2.24) is 9.88 Å². The molecule has 5 rings (SSSR count). The van der Waals surface area contributed by atoms with E-state index < -0.39 is 11.9 Å². The molecule has 1 fully saturated rings. The highest BCUT2D eigenvalue weighted by molar-refractivity contribution is 5.95. The topological polar surface area (TPSA) is 122 Å². The van der Waals surface area contributed by atoms with Gasteiger partial charge in [-0.25, -0.2) is 4.98 Å². The van der Waals surface area contributed by atoms with Gasteiger partial charge in [0.15, 0.2) is 5.89 Å². The second-order valence-electron chi connectivity index (χ2n) is 11.1. The molecule has 3 N–H and O–H groups in total. The highest BCUT2D eigenvalue weighted by atomic mass is 16.5. The molecule has 2 aliphatic rings. The Morgan fingerprint density at radius 2 is 2.07 bits per heavy atom. The van der Waals surface area contributed by atoms with Crippen LogP contribution in [0.5, 0.6) is 5.75 Å². The zero-order chi connectivity index (χ0) is 28.9. The minimum Gasteiger partial charge on any atom is -0.493 e. The van der Waals surface area contributed by atoms with E-state index in [2.05, 4.69) is 22.9 Å². The number of hydrogen-bond donors (Lipinski definition) is 2. The van der Waals surface area contributed by atoms with E-state index in [1.165, 1.54) is 0 Å². The van der Waals surface area contributed by atoms with E-state index in [1.54, 1.807) is 6.20 Å². The van der Waals surface area contributed by atoms with Gasteiger partial charge in [0.2, 0.25) is 5.91 Å². The summed E-state index contributed by atoms with van der Waals surface area (Å²) in [5.74, 6) is 0.339. The third-order valence-electron chi connectivity index (χ3n) is 8.33. The maximum Gasteiger partial charge on any atom is 0.308 e. The molecular weight excluding hydrogens is 520 g/mol. The van der Waals surface area contributed by atoms with E-state index in [9.17, 15) is 14.7 Å². The zero-order valence-corrected chi connectivity index (χ0v) is 23.9. The molecular formula is C32H40N4O5. The Morgan fingerprint density at radius 3 is 2.80 bits per heavy atom. The van der Waals surface area contributed by atoms with Gasteiger partial charge in [-0.3, -0.25) is 14.5 Å². The Bertz CT molecular complexity index is 1370. The Kier molecular flexibility index (Phi) is 9.05. The Morgan fingerprint density at radius 1 is 1.22 bits per heavy atom. The van der Waals surface area contributed by atoms with E-state index >= 15 is 0 Å². The number of carboxylic acid groups (broad SMARTS) is 1. The second-order valence-corrected chi connectivity index (χ2v) is 11.1. The van der Waals surface area contributed by atoms with Crippen molar-refractivity contribution in [3.05, 3.63) is 77.0 Å². The SMILES string of the molecule is CCCCN(C(=O)CN1C[C@H](c2ccc3c(c2)CCO3)[C@@H](C(=O)O)[C@@H]1CCc1ncc(C)o1)c1cccc(CN)c1. The summed E-state index contributed by atoms with van der Waals surface area (Å²) in [5.41, 5.74) is 9.76. The molecule has 2 aliphatic heterocycles. The van der Waals surface area contributed by atoms with Gasteiger partial charge in [0, 0.05) is 50.1 Å². The molecule has 9 heteroatoms. The van der Waals surface area contributed by atoms with E-state index in [0.717, 1.165) is 53.1 Å². The van der Waals surface area contributed by atoms with Crippen LogP contribution in [0.15, 0.2) is 53.1 Å². The number of fused-ring (bicyclic) bond motifs is 1. The summed E-state index contributed by atoms with van der Waals surface area (Å²) in [4.78, 5) is 35.0. The fourth-order valence-electron chi connectivity index (χ4n) is 6.24. The number of rotatable bonds is 12. The number of amides is 1. The molecule has 218 valence electrons. The normalized spacial score (nSPS) is 20.1.